The SMILES string of the molecule is N[C@@H](Cc1ccccc1)C(=O)N1CCN(C=O)CC1. The fraction of sp³-hybridized carbons (Fsp3) is 0.429. The van der Waals surface area contributed by atoms with Gasteiger partial charge in [0.05, 0.1) is 6.04 Å². The molecule has 2 rings (SSSR count). The summed E-state index contributed by atoms with van der Waals surface area (Å²) < 4.78 is 0. The molecule has 0 aliphatic carbocycles. The monoisotopic (exact) mass is 261 g/mol. The first-order valence-electron chi connectivity index (χ1n) is 6.48. The van der Waals surface area contributed by atoms with Gasteiger partial charge in [0.25, 0.3) is 0 Å². The molecule has 2 amide bonds. The van der Waals surface area contributed by atoms with E-state index in [0.29, 0.717) is 32.6 Å². The third-order valence-corrected chi connectivity index (χ3v) is 3.39. The third kappa shape index (κ3) is 3.54. The highest BCUT2D eigenvalue weighted by molar-refractivity contribution is 5.82. The average molecular weight is 261 g/mol. The van der Waals surface area contributed by atoms with E-state index in [0.717, 1.165) is 12.0 Å². The second-order valence-corrected chi connectivity index (χ2v) is 4.76. The molecule has 1 fully saturated rings. The molecule has 19 heavy (non-hydrogen) atoms. The fourth-order valence-corrected chi connectivity index (χ4v) is 2.24. The Morgan fingerprint density at radius 1 is 1.21 bits per heavy atom. The van der Waals surface area contributed by atoms with Gasteiger partial charge in [0.2, 0.25) is 12.3 Å². The summed E-state index contributed by atoms with van der Waals surface area (Å²) in [6.07, 6.45) is 1.37. The molecule has 1 heterocycles. The Kier molecular flexibility index (Phi) is 4.52. The summed E-state index contributed by atoms with van der Waals surface area (Å²) in [6.45, 7) is 2.32. The Morgan fingerprint density at radius 2 is 1.84 bits per heavy atom. The lowest BCUT2D eigenvalue weighted by Crippen LogP contribution is -2.53. The number of rotatable bonds is 4. The standard InChI is InChI=1S/C14H19N3O2/c15-13(10-12-4-2-1-3-5-12)14(19)17-8-6-16(11-18)7-9-17/h1-5,11,13H,6-10,15H2/t13-/m0/s1. The molecule has 0 saturated carbocycles. The van der Waals surface area contributed by atoms with Crippen molar-refractivity contribution in [1.29, 1.82) is 0 Å². The van der Waals surface area contributed by atoms with Crippen molar-refractivity contribution in [2.75, 3.05) is 26.2 Å². The first kappa shape index (κ1) is 13.5. The van der Waals surface area contributed by atoms with Crippen molar-refractivity contribution < 1.29 is 9.59 Å². The Balaban J connectivity index is 1.87. The van der Waals surface area contributed by atoms with Gasteiger partial charge in [-0.25, -0.2) is 0 Å². The van der Waals surface area contributed by atoms with E-state index >= 15 is 0 Å². The average Bonchev–Trinajstić information content (AvgIpc) is 2.47. The number of hydrogen-bond acceptors (Lipinski definition) is 3. The van der Waals surface area contributed by atoms with Crippen LogP contribution in [0.15, 0.2) is 30.3 Å². The molecule has 1 saturated heterocycles. The largest absolute Gasteiger partial charge is 0.342 e. The number of piperazine rings is 1. The second kappa shape index (κ2) is 6.33. The summed E-state index contributed by atoms with van der Waals surface area (Å²) in [5.74, 6) is -0.0330. The Labute approximate surface area is 113 Å². The van der Waals surface area contributed by atoms with Crippen LogP contribution in [0.5, 0.6) is 0 Å². The van der Waals surface area contributed by atoms with Crippen molar-refractivity contribution in [2.24, 2.45) is 5.73 Å². The minimum absolute atomic E-state index is 0.0330. The maximum absolute atomic E-state index is 12.2. The minimum atomic E-state index is -0.509. The summed E-state index contributed by atoms with van der Waals surface area (Å²) in [7, 11) is 0. The van der Waals surface area contributed by atoms with Gasteiger partial charge in [0, 0.05) is 26.2 Å². The molecular weight excluding hydrogens is 242 g/mol. The number of benzene rings is 1. The Morgan fingerprint density at radius 3 is 2.42 bits per heavy atom. The van der Waals surface area contributed by atoms with Gasteiger partial charge in [0.1, 0.15) is 0 Å². The number of carbonyl (C=O) groups is 2. The van der Waals surface area contributed by atoms with Gasteiger partial charge in [-0.3, -0.25) is 9.59 Å². The van der Waals surface area contributed by atoms with E-state index in [1.807, 2.05) is 30.3 Å². The quantitative estimate of drug-likeness (QED) is 0.767. The van der Waals surface area contributed by atoms with Gasteiger partial charge >= 0.3 is 0 Å². The van der Waals surface area contributed by atoms with E-state index < -0.39 is 6.04 Å². The van der Waals surface area contributed by atoms with E-state index in [2.05, 4.69) is 0 Å². The van der Waals surface area contributed by atoms with Crippen LogP contribution in [0.2, 0.25) is 0 Å². The molecule has 0 aromatic heterocycles. The molecule has 0 radical (unpaired) electrons. The summed E-state index contributed by atoms with van der Waals surface area (Å²) in [5.41, 5.74) is 7.04. The predicted molar refractivity (Wildman–Crippen MR) is 72.3 cm³/mol. The number of amides is 2. The molecule has 1 atom stereocenters. The van der Waals surface area contributed by atoms with Crippen molar-refractivity contribution in [3.05, 3.63) is 35.9 Å². The Bertz CT molecular complexity index is 428. The maximum Gasteiger partial charge on any atom is 0.239 e. The van der Waals surface area contributed by atoms with E-state index in [4.69, 9.17) is 5.73 Å². The predicted octanol–water partition coefficient (Wildman–Crippen LogP) is -0.143. The van der Waals surface area contributed by atoms with Gasteiger partial charge < -0.3 is 15.5 Å². The van der Waals surface area contributed by atoms with E-state index in [1.54, 1.807) is 9.80 Å². The molecular formula is C14H19N3O2. The zero-order valence-electron chi connectivity index (χ0n) is 10.9. The topological polar surface area (TPSA) is 66.6 Å². The number of nitrogens with two attached hydrogens (primary N) is 1. The van der Waals surface area contributed by atoms with Crippen molar-refractivity contribution >= 4 is 12.3 Å². The van der Waals surface area contributed by atoms with Gasteiger partial charge in [0.15, 0.2) is 0 Å². The van der Waals surface area contributed by atoms with E-state index in [1.165, 1.54) is 0 Å². The second-order valence-electron chi connectivity index (χ2n) is 4.76. The summed E-state index contributed by atoms with van der Waals surface area (Å²) >= 11 is 0. The molecule has 2 N–H and O–H groups in total. The normalized spacial score (nSPS) is 17.1. The van der Waals surface area contributed by atoms with E-state index in [-0.39, 0.29) is 5.91 Å². The fourth-order valence-electron chi connectivity index (χ4n) is 2.24. The highest BCUT2D eigenvalue weighted by Gasteiger charge is 2.24. The smallest absolute Gasteiger partial charge is 0.239 e. The molecule has 1 aliphatic rings. The maximum atomic E-state index is 12.2. The first-order valence-corrected chi connectivity index (χ1v) is 6.48. The molecule has 1 aromatic rings. The summed E-state index contributed by atoms with van der Waals surface area (Å²) in [5, 5.41) is 0. The minimum Gasteiger partial charge on any atom is -0.342 e. The van der Waals surface area contributed by atoms with Crippen molar-refractivity contribution in [3.8, 4) is 0 Å². The number of nitrogens with zero attached hydrogens (tertiary/aromatic N) is 2. The zero-order chi connectivity index (χ0) is 13.7. The number of carbonyl (C=O) groups excluding carboxylic acids is 2. The molecule has 0 spiro atoms. The molecule has 0 unspecified atom stereocenters. The van der Waals surface area contributed by atoms with Gasteiger partial charge in [-0.1, -0.05) is 30.3 Å². The van der Waals surface area contributed by atoms with Crippen LogP contribution in [0.3, 0.4) is 0 Å². The molecule has 5 heteroatoms. The highest BCUT2D eigenvalue weighted by atomic mass is 16.2. The van der Waals surface area contributed by atoms with Crippen LogP contribution in [0.25, 0.3) is 0 Å². The van der Waals surface area contributed by atoms with Crippen molar-refractivity contribution in [3.63, 3.8) is 0 Å². The lowest BCUT2D eigenvalue weighted by atomic mass is 10.1. The lowest BCUT2D eigenvalue weighted by molar-refractivity contribution is -0.136. The third-order valence-electron chi connectivity index (χ3n) is 3.39. The van der Waals surface area contributed by atoms with Crippen LogP contribution in [0.1, 0.15) is 5.56 Å². The molecule has 1 aliphatic heterocycles. The molecule has 1 aromatic carbocycles. The van der Waals surface area contributed by atoms with Crippen LogP contribution in [0, 0.1) is 0 Å². The van der Waals surface area contributed by atoms with Gasteiger partial charge in [-0.05, 0) is 12.0 Å². The molecule has 102 valence electrons. The van der Waals surface area contributed by atoms with E-state index in [9.17, 15) is 9.59 Å². The number of hydrogen-bond donors (Lipinski definition) is 1. The first-order chi connectivity index (χ1) is 9.20. The molecule has 0 bridgehead atoms. The van der Waals surface area contributed by atoms with Gasteiger partial charge in [-0.2, -0.15) is 0 Å². The van der Waals surface area contributed by atoms with Crippen LogP contribution in [-0.4, -0.2) is 54.3 Å². The van der Waals surface area contributed by atoms with Gasteiger partial charge in [-0.15, -0.1) is 0 Å². The zero-order valence-corrected chi connectivity index (χ0v) is 10.9. The van der Waals surface area contributed by atoms with Crippen LogP contribution >= 0.6 is 0 Å². The Hall–Kier alpha value is -1.88. The van der Waals surface area contributed by atoms with Crippen molar-refractivity contribution in [1.82, 2.24) is 9.80 Å². The summed E-state index contributed by atoms with van der Waals surface area (Å²) in [6, 6.07) is 9.25. The summed E-state index contributed by atoms with van der Waals surface area (Å²) in [4.78, 5) is 26.2. The van der Waals surface area contributed by atoms with Crippen LogP contribution in [-0.2, 0) is 16.0 Å². The highest BCUT2D eigenvalue weighted by Crippen LogP contribution is 2.06. The lowest BCUT2D eigenvalue weighted by Gasteiger charge is -2.34. The van der Waals surface area contributed by atoms with Crippen LogP contribution in [0.4, 0.5) is 0 Å². The molecule has 5 nitrogen and oxygen atoms in total. The van der Waals surface area contributed by atoms with Crippen LogP contribution < -0.4 is 5.73 Å². The van der Waals surface area contributed by atoms with Crippen molar-refractivity contribution in [2.45, 2.75) is 12.5 Å².